The van der Waals surface area contributed by atoms with Crippen molar-refractivity contribution in [1.29, 1.82) is 0 Å². The number of rotatable bonds is 11. The Bertz CT molecular complexity index is 396. The first-order chi connectivity index (χ1) is 11.0. The predicted octanol–water partition coefficient (Wildman–Crippen LogP) is 3.25. The first kappa shape index (κ1) is 25.9. The van der Waals surface area contributed by atoms with Gasteiger partial charge in [-0.1, -0.05) is 32.6 Å². The molecule has 5 nitrogen and oxygen atoms in total. The molecule has 0 aliphatic carbocycles. The van der Waals surface area contributed by atoms with Crippen molar-refractivity contribution in [2.45, 2.75) is 64.8 Å². The van der Waals surface area contributed by atoms with Crippen molar-refractivity contribution >= 4 is 10.1 Å². The summed E-state index contributed by atoms with van der Waals surface area (Å²) in [5, 5.41) is 9.12. The van der Waals surface area contributed by atoms with Crippen LogP contribution in [0.1, 0.15) is 59.3 Å². The Morgan fingerprint density at radius 3 is 1.67 bits per heavy atom. The van der Waals surface area contributed by atoms with E-state index in [9.17, 15) is 13.2 Å². The lowest BCUT2D eigenvalue weighted by Crippen LogP contribution is -2.50. The van der Waals surface area contributed by atoms with Crippen LogP contribution in [0.2, 0.25) is 0 Å². The van der Waals surface area contributed by atoms with Crippen LogP contribution in [0.4, 0.5) is 13.2 Å². The van der Waals surface area contributed by atoms with Crippen LogP contribution >= 0.6 is 0 Å². The van der Waals surface area contributed by atoms with Gasteiger partial charge in [-0.3, -0.25) is 0 Å². The van der Waals surface area contributed by atoms with E-state index in [1.807, 2.05) is 0 Å². The molecule has 0 radical (unpaired) electrons. The number of quaternary nitrogens is 1. The van der Waals surface area contributed by atoms with Gasteiger partial charge in [-0.15, -0.1) is 0 Å². The van der Waals surface area contributed by atoms with E-state index in [4.69, 9.17) is 18.1 Å². The first-order valence-corrected chi connectivity index (χ1v) is 9.88. The van der Waals surface area contributed by atoms with Crippen molar-refractivity contribution in [2.75, 3.05) is 32.8 Å². The molecule has 0 aliphatic heterocycles. The highest BCUT2D eigenvalue weighted by atomic mass is 32.2. The molecule has 0 atom stereocenters. The number of hydrogen-bond acceptors (Lipinski definition) is 4. The quantitative estimate of drug-likeness (QED) is 0.259. The van der Waals surface area contributed by atoms with Crippen molar-refractivity contribution < 1.29 is 35.7 Å². The van der Waals surface area contributed by atoms with Crippen molar-refractivity contribution in [1.82, 2.24) is 0 Å². The van der Waals surface area contributed by atoms with Gasteiger partial charge in [0.05, 0.1) is 26.2 Å². The molecule has 0 unspecified atom stereocenters. The number of aliphatic hydroxyl groups is 1. The number of alkyl halides is 3. The van der Waals surface area contributed by atoms with Gasteiger partial charge in [-0.25, -0.2) is 8.42 Å². The number of nitrogens with zero attached hydrogens (tertiary/aromatic N) is 1. The summed E-state index contributed by atoms with van der Waals surface area (Å²) in [6, 6.07) is 0. The fourth-order valence-corrected chi connectivity index (χ4v) is 2.41. The van der Waals surface area contributed by atoms with Crippen LogP contribution < -0.4 is 0 Å². The van der Waals surface area contributed by atoms with Crippen LogP contribution in [-0.4, -0.2) is 60.9 Å². The summed E-state index contributed by atoms with van der Waals surface area (Å²) in [5.41, 5.74) is -5.65. The van der Waals surface area contributed by atoms with E-state index in [0.717, 1.165) is 24.1 Å². The standard InChI is InChI=1S/C14H32NO.CHF3O3S/c1-4-7-8-9-10-11-12-15(5-2,6-3)13-14-16;2-1(3,4)8(5,6)7/h16H,4-14H2,1-3H3;(H,5,6,7)/q+1;/p-1. The zero-order chi connectivity index (χ0) is 19.3. The fourth-order valence-electron chi connectivity index (χ4n) is 2.41. The highest BCUT2D eigenvalue weighted by molar-refractivity contribution is 7.86. The summed E-state index contributed by atoms with van der Waals surface area (Å²) in [5.74, 6) is 0. The molecule has 0 rings (SSSR count). The molecule has 1 N–H and O–H groups in total. The highest BCUT2D eigenvalue weighted by Crippen LogP contribution is 2.20. The normalized spacial score (nSPS) is 12.7. The largest absolute Gasteiger partial charge is 0.741 e. The zero-order valence-electron chi connectivity index (χ0n) is 14.9. The molecule has 0 aromatic carbocycles. The second-order valence-electron chi connectivity index (χ2n) is 5.81. The summed E-state index contributed by atoms with van der Waals surface area (Å²) in [6.45, 7) is 11.6. The molecule has 0 saturated carbocycles. The predicted molar refractivity (Wildman–Crippen MR) is 87.3 cm³/mol. The second-order valence-corrected chi connectivity index (χ2v) is 7.18. The third kappa shape index (κ3) is 12.0. The van der Waals surface area contributed by atoms with E-state index >= 15 is 0 Å². The summed E-state index contributed by atoms with van der Waals surface area (Å²) >= 11 is 0. The monoisotopic (exact) mass is 379 g/mol. The van der Waals surface area contributed by atoms with Crippen molar-refractivity contribution in [3.05, 3.63) is 0 Å². The minimum atomic E-state index is -6.09. The van der Waals surface area contributed by atoms with Gasteiger partial charge >= 0.3 is 5.51 Å². The molecule has 0 aliphatic rings. The molecule has 0 fully saturated rings. The van der Waals surface area contributed by atoms with Crippen molar-refractivity contribution in [2.24, 2.45) is 0 Å². The molecule has 24 heavy (non-hydrogen) atoms. The Hall–Kier alpha value is -0.380. The molecule has 0 aromatic rings. The van der Waals surface area contributed by atoms with E-state index in [1.165, 1.54) is 45.1 Å². The van der Waals surface area contributed by atoms with Crippen LogP contribution in [-0.2, 0) is 10.1 Å². The maximum atomic E-state index is 10.7. The maximum absolute atomic E-state index is 10.7. The van der Waals surface area contributed by atoms with E-state index in [0.29, 0.717) is 6.61 Å². The van der Waals surface area contributed by atoms with Crippen molar-refractivity contribution in [3.63, 3.8) is 0 Å². The maximum Gasteiger partial charge on any atom is 0.485 e. The third-order valence-corrected chi connectivity index (χ3v) is 4.75. The number of hydrogen-bond donors (Lipinski definition) is 1. The minimum Gasteiger partial charge on any atom is -0.741 e. The van der Waals surface area contributed by atoms with Gasteiger partial charge in [0.1, 0.15) is 6.54 Å². The molecule has 0 spiro atoms. The number of unbranched alkanes of at least 4 members (excludes halogenated alkanes) is 5. The molecule has 0 heterocycles. The first-order valence-electron chi connectivity index (χ1n) is 8.47. The Kier molecular flexibility index (Phi) is 13.9. The molecule has 0 aromatic heterocycles. The van der Waals surface area contributed by atoms with Gasteiger partial charge in [-0.2, -0.15) is 13.2 Å². The van der Waals surface area contributed by atoms with Gasteiger partial charge in [0, 0.05) is 0 Å². The van der Waals surface area contributed by atoms with Gasteiger partial charge in [0.2, 0.25) is 0 Å². The molecule has 0 saturated heterocycles. The van der Waals surface area contributed by atoms with Crippen LogP contribution in [0.15, 0.2) is 0 Å². The summed E-state index contributed by atoms with van der Waals surface area (Å²) in [7, 11) is -6.09. The fraction of sp³-hybridized carbons (Fsp3) is 1.00. The molecular weight excluding hydrogens is 347 g/mol. The second kappa shape index (κ2) is 12.9. The average Bonchev–Trinajstić information content (AvgIpc) is 2.48. The Balaban J connectivity index is 0. The van der Waals surface area contributed by atoms with Crippen LogP contribution in [0.25, 0.3) is 0 Å². The number of aliphatic hydroxyl groups excluding tert-OH is 1. The number of halogens is 3. The third-order valence-electron chi connectivity index (χ3n) is 4.19. The Labute approximate surface area is 144 Å². The Morgan fingerprint density at radius 2 is 1.33 bits per heavy atom. The Morgan fingerprint density at radius 1 is 0.917 bits per heavy atom. The van der Waals surface area contributed by atoms with Crippen LogP contribution in [0.5, 0.6) is 0 Å². The summed E-state index contributed by atoms with van der Waals surface area (Å²) < 4.78 is 60.0. The molecule has 148 valence electrons. The molecular formula is C15H32F3NO4S. The van der Waals surface area contributed by atoms with Gasteiger partial charge in [0.15, 0.2) is 10.1 Å². The molecule has 0 amide bonds. The van der Waals surface area contributed by atoms with Gasteiger partial charge in [-0.05, 0) is 26.7 Å². The SMILES string of the molecule is CCCCCCCC[N+](CC)(CC)CCO.O=S(=O)([O-])C(F)(F)F. The lowest BCUT2D eigenvalue weighted by molar-refractivity contribution is -0.925. The summed E-state index contributed by atoms with van der Waals surface area (Å²) in [6.07, 6.45) is 8.19. The molecule has 0 bridgehead atoms. The van der Waals surface area contributed by atoms with Gasteiger partial charge in [0.25, 0.3) is 0 Å². The van der Waals surface area contributed by atoms with E-state index in [2.05, 4.69) is 20.8 Å². The highest BCUT2D eigenvalue weighted by Gasteiger charge is 2.36. The lowest BCUT2D eigenvalue weighted by atomic mass is 10.1. The molecule has 9 heteroatoms. The number of likely N-dealkylation sites (N-methyl/N-ethyl adjacent to an activating group) is 1. The van der Waals surface area contributed by atoms with E-state index in [-0.39, 0.29) is 0 Å². The average molecular weight is 379 g/mol. The van der Waals surface area contributed by atoms with Crippen molar-refractivity contribution in [3.8, 4) is 0 Å². The smallest absolute Gasteiger partial charge is 0.485 e. The van der Waals surface area contributed by atoms with Gasteiger partial charge < -0.3 is 14.1 Å². The minimum absolute atomic E-state index is 0.331. The van der Waals surface area contributed by atoms with E-state index < -0.39 is 15.6 Å². The van der Waals surface area contributed by atoms with Crippen LogP contribution in [0.3, 0.4) is 0 Å². The topological polar surface area (TPSA) is 77.4 Å². The zero-order valence-corrected chi connectivity index (χ0v) is 15.8. The van der Waals surface area contributed by atoms with Crippen LogP contribution in [0, 0.1) is 0 Å². The summed E-state index contributed by atoms with van der Waals surface area (Å²) in [4.78, 5) is 0. The lowest BCUT2D eigenvalue weighted by Gasteiger charge is -2.36. The van der Waals surface area contributed by atoms with E-state index in [1.54, 1.807) is 0 Å².